The number of nitrogens with zero attached hydrogens (tertiary/aromatic N) is 2. The Bertz CT molecular complexity index is 907. The molecule has 0 fully saturated rings. The molecule has 2 atom stereocenters. The second-order valence-electron chi connectivity index (χ2n) is 6.65. The van der Waals surface area contributed by atoms with Crippen molar-refractivity contribution in [2.24, 2.45) is 11.8 Å². The Morgan fingerprint density at radius 2 is 2.04 bits per heavy atom. The number of carbonyl (C=O) groups excluding carboxylic acids is 2. The Hall–Kier alpha value is -2.04. The average Bonchev–Trinajstić information content (AvgIpc) is 2.94. The lowest BCUT2D eigenvalue weighted by Gasteiger charge is -2.29. The zero-order valence-corrected chi connectivity index (χ0v) is 17.0. The van der Waals surface area contributed by atoms with Gasteiger partial charge in [0.15, 0.2) is 15.7 Å². The van der Waals surface area contributed by atoms with E-state index in [0.29, 0.717) is 16.1 Å². The lowest BCUT2D eigenvalue weighted by Crippen LogP contribution is -2.44. The fourth-order valence-corrected chi connectivity index (χ4v) is 4.15. The number of nitriles is 1. The van der Waals surface area contributed by atoms with E-state index < -0.39 is 11.8 Å². The summed E-state index contributed by atoms with van der Waals surface area (Å²) in [6.45, 7) is 7.50. The molecule has 0 aliphatic carbocycles. The Labute approximate surface area is 162 Å². The SMILES string of the molecule is CCCC(C)C(=O)C(C#N)C(=O)N(c1ccc2[nH]c(=S)sc2c1)C(C)C. The van der Waals surface area contributed by atoms with Crippen molar-refractivity contribution in [3.05, 3.63) is 22.2 Å². The van der Waals surface area contributed by atoms with E-state index in [1.807, 2.05) is 45.0 Å². The Morgan fingerprint density at radius 1 is 1.35 bits per heavy atom. The van der Waals surface area contributed by atoms with Crippen molar-refractivity contribution in [2.75, 3.05) is 4.90 Å². The summed E-state index contributed by atoms with van der Waals surface area (Å²) in [7, 11) is 0. The molecule has 2 rings (SSSR count). The summed E-state index contributed by atoms with van der Waals surface area (Å²) in [5.74, 6) is -2.35. The zero-order valence-electron chi connectivity index (χ0n) is 15.4. The third-order valence-corrected chi connectivity index (χ3v) is 5.50. The number of benzene rings is 1. The van der Waals surface area contributed by atoms with Gasteiger partial charge in [0.2, 0.25) is 0 Å². The third kappa shape index (κ3) is 4.19. The van der Waals surface area contributed by atoms with Gasteiger partial charge in [0.25, 0.3) is 5.91 Å². The molecule has 1 amide bonds. The summed E-state index contributed by atoms with van der Waals surface area (Å²) in [5.41, 5.74) is 1.57. The summed E-state index contributed by atoms with van der Waals surface area (Å²) in [6.07, 6.45) is 1.51. The van der Waals surface area contributed by atoms with Crippen molar-refractivity contribution in [1.29, 1.82) is 5.26 Å². The highest BCUT2D eigenvalue weighted by Crippen LogP contribution is 2.28. The highest BCUT2D eigenvalue weighted by Gasteiger charge is 2.35. The number of rotatable bonds is 7. The van der Waals surface area contributed by atoms with Crippen LogP contribution in [-0.2, 0) is 9.59 Å². The van der Waals surface area contributed by atoms with Gasteiger partial charge >= 0.3 is 0 Å². The fraction of sp³-hybridized carbons (Fsp3) is 0.474. The van der Waals surface area contributed by atoms with Gasteiger partial charge in [-0.15, -0.1) is 11.3 Å². The number of ketones is 1. The third-order valence-electron chi connectivity index (χ3n) is 4.30. The summed E-state index contributed by atoms with van der Waals surface area (Å²) in [6, 6.07) is 7.29. The maximum Gasteiger partial charge on any atom is 0.252 e. The van der Waals surface area contributed by atoms with Crippen LogP contribution in [0.4, 0.5) is 5.69 Å². The molecule has 0 aliphatic heterocycles. The predicted octanol–water partition coefficient (Wildman–Crippen LogP) is 4.85. The Kier molecular flexibility index (Phi) is 6.68. The van der Waals surface area contributed by atoms with Crippen molar-refractivity contribution in [3.63, 3.8) is 0 Å². The number of hydrogen-bond acceptors (Lipinski definition) is 5. The maximum atomic E-state index is 13.1. The van der Waals surface area contributed by atoms with Crippen LogP contribution in [0.15, 0.2) is 18.2 Å². The molecule has 1 aromatic heterocycles. The number of nitrogens with one attached hydrogen (secondary N) is 1. The number of anilines is 1. The van der Waals surface area contributed by atoms with Crippen LogP contribution in [0.25, 0.3) is 10.2 Å². The van der Waals surface area contributed by atoms with Gasteiger partial charge in [-0.05, 0) is 50.7 Å². The molecule has 0 bridgehead atoms. The van der Waals surface area contributed by atoms with Crippen LogP contribution in [0.5, 0.6) is 0 Å². The lowest BCUT2D eigenvalue weighted by atomic mass is 9.90. The Balaban J connectivity index is 2.40. The van der Waals surface area contributed by atoms with Crippen LogP contribution in [0.2, 0.25) is 0 Å². The van der Waals surface area contributed by atoms with E-state index in [-0.39, 0.29) is 17.7 Å². The molecular weight excluding hydrogens is 366 g/mol. The quantitative estimate of drug-likeness (QED) is 0.543. The smallest absolute Gasteiger partial charge is 0.252 e. The number of hydrogen-bond donors (Lipinski definition) is 1. The van der Waals surface area contributed by atoms with Crippen LogP contribution >= 0.6 is 23.6 Å². The van der Waals surface area contributed by atoms with E-state index in [0.717, 1.165) is 16.6 Å². The zero-order chi connectivity index (χ0) is 19.4. The molecule has 0 saturated carbocycles. The predicted molar refractivity (Wildman–Crippen MR) is 108 cm³/mol. The normalized spacial score (nSPS) is 13.4. The molecule has 1 aromatic carbocycles. The van der Waals surface area contributed by atoms with Crippen LogP contribution < -0.4 is 4.90 Å². The maximum absolute atomic E-state index is 13.1. The molecule has 0 aliphatic rings. The number of amides is 1. The first-order valence-corrected chi connectivity index (χ1v) is 9.91. The van der Waals surface area contributed by atoms with Gasteiger partial charge in [0.05, 0.1) is 16.3 Å². The van der Waals surface area contributed by atoms with E-state index >= 15 is 0 Å². The largest absolute Gasteiger partial charge is 0.337 e. The average molecular weight is 390 g/mol. The molecule has 0 spiro atoms. The standard InChI is InChI=1S/C19H23N3O2S2/c1-5-6-12(4)17(23)14(10-20)18(24)22(11(2)3)13-7-8-15-16(9-13)26-19(25)21-15/h7-9,11-12,14H,5-6H2,1-4H3,(H,21,25). The van der Waals surface area contributed by atoms with Crippen molar-refractivity contribution < 1.29 is 9.59 Å². The van der Waals surface area contributed by atoms with Crippen molar-refractivity contribution in [1.82, 2.24) is 4.98 Å². The van der Waals surface area contributed by atoms with E-state index in [2.05, 4.69) is 4.98 Å². The highest BCUT2D eigenvalue weighted by atomic mass is 32.1. The molecule has 2 unspecified atom stereocenters. The minimum atomic E-state index is -1.28. The molecule has 26 heavy (non-hydrogen) atoms. The highest BCUT2D eigenvalue weighted by molar-refractivity contribution is 7.73. The van der Waals surface area contributed by atoms with Gasteiger partial charge in [-0.1, -0.05) is 20.3 Å². The van der Waals surface area contributed by atoms with E-state index in [1.165, 1.54) is 16.2 Å². The minimum Gasteiger partial charge on any atom is -0.337 e. The summed E-state index contributed by atoms with van der Waals surface area (Å²) in [4.78, 5) is 30.3. The minimum absolute atomic E-state index is 0.183. The lowest BCUT2D eigenvalue weighted by molar-refractivity contribution is -0.132. The molecule has 0 radical (unpaired) electrons. The monoisotopic (exact) mass is 389 g/mol. The number of thiazole rings is 1. The molecule has 138 valence electrons. The number of aromatic amines is 1. The molecule has 2 aromatic rings. The van der Waals surface area contributed by atoms with E-state index in [1.54, 1.807) is 6.92 Å². The van der Waals surface area contributed by atoms with Crippen LogP contribution in [0.1, 0.15) is 40.5 Å². The van der Waals surface area contributed by atoms with Gasteiger partial charge in [-0.2, -0.15) is 5.26 Å². The first-order chi connectivity index (χ1) is 12.3. The van der Waals surface area contributed by atoms with Gasteiger partial charge in [-0.3, -0.25) is 9.59 Å². The first kappa shape index (κ1) is 20.3. The number of Topliss-reactive ketones (excluding diaryl/α,β-unsaturated/α-hetero) is 1. The van der Waals surface area contributed by atoms with E-state index in [9.17, 15) is 14.9 Å². The van der Waals surface area contributed by atoms with Crippen molar-refractivity contribution in [2.45, 2.75) is 46.6 Å². The molecule has 5 nitrogen and oxygen atoms in total. The van der Waals surface area contributed by atoms with Crippen molar-refractivity contribution >= 4 is 51.1 Å². The van der Waals surface area contributed by atoms with E-state index in [4.69, 9.17) is 12.2 Å². The molecular formula is C19H23N3O2S2. The van der Waals surface area contributed by atoms with Crippen LogP contribution in [0, 0.1) is 27.1 Å². The van der Waals surface area contributed by atoms with Gasteiger partial charge in [0.1, 0.15) is 0 Å². The van der Waals surface area contributed by atoms with Gasteiger partial charge in [0, 0.05) is 17.6 Å². The molecule has 1 heterocycles. The number of aromatic nitrogens is 1. The summed E-state index contributed by atoms with van der Waals surface area (Å²) >= 11 is 6.60. The molecule has 1 N–H and O–H groups in total. The summed E-state index contributed by atoms with van der Waals surface area (Å²) < 4.78 is 1.60. The number of H-pyrrole nitrogens is 1. The second-order valence-corrected chi connectivity index (χ2v) is 8.37. The van der Waals surface area contributed by atoms with Gasteiger partial charge < -0.3 is 9.88 Å². The topological polar surface area (TPSA) is 77.0 Å². The Morgan fingerprint density at radius 3 is 2.62 bits per heavy atom. The summed E-state index contributed by atoms with van der Waals surface area (Å²) in [5, 5.41) is 9.50. The second kappa shape index (κ2) is 8.56. The van der Waals surface area contributed by atoms with Crippen LogP contribution in [-0.4, -0.2) is 22.7 Å². The first-order valence-electron chi connectivity index (χ1n) is 8.69. The fourth-order valence-electron chi connectivity index (χ4n) is 3.00. The molecule has 0 saturated heterocycles. The number of fused-ring (bicyclic) bond motifs is 1. The van der Waals surface area contributed by atoms with Gasteiger partial charge in [-0.25, -0.2) is 0 Å². The van der Waals surface area contributed by atoms with Crippen molar-refractivity contribution in [3.8, 4) is 6.07 Å². The van der Waals surface area contributed by atoms with Crippen LogP contribution in [0.3, 0.4) is 0 Å². The number of carbonyl (C=O) groups is 2. The molecule has 7 heteroatoms.